The molecule has 0 unspecified atom stereocenters. The van der Waals surface area contributed by atoms with Crippen LogP contribution in [-0.2, 0) is 4.43 Å². The lowest BCUT2D eigenvalue weighted by Crippen LogP contribution is -2.43. The fraction of sp³-hybridized carbons (Fsp3) is 0.125. The minimum absolute atomic E-state index is 1.16. The molecule has 0 aliphatic carbocycles. The Morgan fingerprint density at radius 2 is 1.39 bits per heavy atom. The van der Waals surface area contributed by atoms with Crippen molar-refractivity contribution < 1.29 is 4.43 Å². The molecule has 0 bridgehead atoms. The highest BCUT2D eigenvalue weighted by Gasteiger charge is 2.25. The highest BCUT2D eigenvalue weighted by Crippen LogP contribution is 2.08. The molecule has 0 spiro atoms. The van der Waals surface area contributed by atoms with Crippen LogP contribution < -0.4 is 5.19 Å². The van der Waals surface area contributed by atoms with Crippen LogP contribution in [0.25, 0.3) is 6.08 Å². The van der Waals surface area contributed by atoms with E-state index in [1.807, 2.05) is 36.6 Å². The van der Waals surface area contributed by atoms with Crippen molar-refractivity contribution in [3.63, 3.8) is 0 Å². The zero-order valence-electron chi connectivity index (χ0n) is 10.8. The molecular formula is C16H18OSi. The van der Waals surface area contributed by atoms with Crippen molar-refractivity contribution in [2.75, 3.05) is 0 Å². The summed E-state index contributed by atoms with van der Waals surface area (Å²) < 4.78 is 5.98. The molecule has 0 fully saturated rings. The molecule has 0 atom stereocenters. The van der Waals surface area contributed by atoms with Crippen LogP contribution in [0.15, 0.2) is 66.9 Å². The van der Waals surface area contributed by atoms with E-state index in [2.05, 4.69) is 49.5 Å². The van der Waals surface area contributed by atoms with E-state index >= 15 is 0 Å². The average Bonchev–Trinajstić information content (AvgIpc) is 2.41. The zero-order valence-corrected chi connectivity index (χ0v) is 11.8. The lowest BCUT2D eigenvalue weighted by atomic mass is 10.2. The maximum absolute atomic E-state index is 5.98. The highest BCUT2D eigenvalue weighted by atomic mass is 28.4. The standard InChI is InChI=1S/C16H18OSi/c1-18(2,16-11-7-4-8-12-16)17-14-13-15-9-5-3-6-10-15/h3-14H,1-2H3. The van der Waals surface area contributed by atoms with Crippen molar-refractivity contribution in [2.45, 2.75) is 13.1 Å². The van der Waals surface area contributed by atoms with Gasteiger partial charge in [0.25, 0.3) is 8.32 Å². The van der Waals surface area contributed by atoms with Crippen LogP contribution in [-0.4, -0.2) is 8.32 Å². The first kappa shape index (κ1) is 12.6. The molecule has 2 aromatic carbocycles. The molecule has 2 rings (SSSR count). The molecule has 2 heteroatoms. The van der Waals surface area contributed by atoms with Crippen molar-refractivity contribution in [2.24, 2.45) is 0 Å². The third kappa shape index (κ3) is 3.34. The van der Waals surface area contributed by atoms with Gasteiger partial charge in [0.1, 0.15) is 0 Å². The van der Waals surface area contributed by atoms with Gasteiger partial charge in [-0.25, -0.2) is 0 Å². The number of rotatable bonds is 4. The Morgan fingerprint density at radius 1 is 0.833 bits per heavy atom. The molecule has 0 aliphatic heterocycles. The number of benzene rings is 2. The monoisotopic (exact) mass is 254 g/mol. The number of hydrogen-bond donors (Lipinski definition) is 0. The molecule has 18 heavy (non-hydrogen) atoms. The highest BCUT2D eigenvalue weighted by molar-refractivity contribution is 6.84. The molecule has 0 aromatic heterocycles. The molecule has 0 saturated carbocycles. The normalized spacial score (nSPS) is 11.7. The Kier molecular flexibility index (Phi) is 4.00. The van der Waals surface area contributed by atoms with Crippen LogP contribution in [0.3, 0.4) is 0 Å². The molecule has 92 valence electrons. The van der Waals surface area contributed by atoms with E-state index < -0.39 is 8.32 Å². The van der Waals surface area contributed by atoms with E-state index in [0.29, 0.717) is 0 Å². The second kappa shape index (κ2) is 5.69. The second-order valence-electron chi connectivity index (χ2n) is 4.71. The molecule has 0 N–H and O–H groups in total. The topological polar surface area (TPSA) is 9.23 Å². The maximum atomic E-state index is 5.98. The SMILES string of the molecule is C[Si](C)(OC=Cc1ccccc1)c1ccccc1. The van der Waals surface area contributed by atoms with Crippen molar-refractivity contribution in [3.05, 3.63) is 72.5 Å². The predicted octanol–water partition coefficient (Wildman–Crippen LogP) is 3.79. The first-order valence-electron chi connectivity index (χ1n) is 6.13. The van der Waals surface area contributed by atoms with E-state index in [9.17, 15) is 0 Å². The molecule has 0 radical (unpaired) electrons. The Bertz CT molecular complexity index is 503. The Morgan fingerprint density at radius 3 is 2.00 bits per heavy atom. The molecule has 2 aromatic rings. The first-order chi connectivity index (χ1) is 8.68. The van der Waals surface area contributed by atoms with Gasteiger partial charge >= 0.3 is 0 Å². The van der Waals surface area contributed by atoms with Gasteiger partial charge in [-0.15, -0.1) is 0 Å². The summed E-state index contributed by atoms with van der Waals surface area (Å²) in [5.41, 5.74) is 1.16. The summed E-state index contributed by atoms with van der Waals surface area (Å²) in [5, 5.41) is 1.31. The van der Waals surface area contributed by atoms with Crippen molar-refractivity contribution in [3.8, 4) is 0 Å². The second-order valence-corrected chi connectivity index (χ2v) is 8.54. The van der Waals surface area contributed by atoms with E-state index in [4.69, 9.17) is 4.43 Å². The van der Waals surface area contributed by atoms with Crippen molar-refractivity contribution in [1.29, 1.82) is 0 Å². The summed E-state index contributed by atoms with van der Waals surface area (Å²) in [7, 11) is -1.82. The summed E-state index contributed by atoms with van der Waals surface area (Å²) >= 11 is 0. The Balaban J connectivity index is 2.04. The molecule has 0 amide bonds. The molecule has 0 heterocycles. The molecular weight excluding hydrogens is 236 g/mol. The summed E-state index contributed by atoms with van der Waals surface area (Å²) in [5.74, 6) is 0. The van der Waals surface area contributed by atoms with Crippen LogP contribution >= 0.6 is 0 Å². The van der Waals surface area contributed by atoms with E-state index in [1.54, 1.807) is 0 Å². The average molecular weight is 254 g/mol. The van der Waals surface area contributed by atoms with Gasteiger partial charge in [-0.05, 0) is 29.9 Å². The fourth-order valence-corrected chi connectivity index (χ4v) is 3.29. The third-order valence-electron chi connectivity index (χ3n) is 2.89. The van der Waals surface area contributed by atoms with Crippen LogP contribution in [0.5, 0.6) is 0 Å². The van der Waals surface area contributed by atoms with E-state index in [0.717, 1.165) is 5.56 Å². The minimum atomic E-state index is -1.82. The summed E-state index contributed by atoms with van der Waals surface area (Å²) in [6.07, 6.45) is 3.84. The lowest BCUT2D eigenvalue weighted by molar-refractivity contribution is 0.490. The van der Waals surface area contributed by atoms with Crippen LogP contribution in [0.4, 0.5) is 0 Å². The Hall–Kier alpha value is -1.80. The van der Waals surface area contributed by atoms with Crippen LogP contribution in [0, 0.1) is 0 Å². The van der Waals surface area contributed by atoms with Gasteiger partial charge in [0.05, 0.1) is 6.26 Å². The van der Waals surface area contributed by atoms with E-state index in [1.165, 1.54) is 5.19 Å². The molecule has 0 saturated heterocycles. The van der Waals surface area contributed by atoms with Gasteiger partial charge in [-0.3, -0.25) is 0 Å². The van der Waals surface area contributed by atoms with Crippen LogP contribution in [0.1, 0.15) is 5.56 Å². The van der Waals surface area contributed by atoms with Gasteiger partial charge in [-0.2, -0.15) is 0 Å². The largest absolute Gasteiger partial charge is 0.545 e. The maximum Gasteiger partial charge on any atom is 0.276 e. The fourth-order valence-electron chi connectivity index (χ4n) is 1.75. The van der Waals surface area contributed by atoms with Gasteiger partial charge in [-0.1, -0.05) is 60.7 Å². The summed E-state index contributed by atoms with van der Waals surface area (Å²) in [6.45, 7) is 4.41. The summed E-state index contributed by atoms with van der Waals surface area (Å²) in [4.78, 5) is 0. The van der Waals surface area contributed by atoms with E-state index in [-0.39, 0.29) is 0 Å². The zero-order chi connectivity index (χ0) is 12.8. The third-order valence-corrected chi connectivity index (χ3v) is 5.34. The molecule has 0 aliphatic rings. The minimum Gasteiger partial charge on any atom is -0.545 e. The lowest BCUT2D eigenvalue weighted by Gasteiger charge is -2.21. The summed E-state index contributed by atoms with van der Waals surface area (Å²) in [6, 6.07) is 20.6. The van der Waals surface area contributed by atoms with Gasteiger partial charge in [0.15, 0.2) is 0 Å². The van der Waals surface area contributed by atoms with Gasteiger partial charge in [0.2, 0.25) is 0 Å². The smallest absolute Gasteiger partial charge is 0.276 e. The van der Waals surface area contributed by atoms with Gasteiger partial charge < -0.3 is 4.43 Å². The molecule has 1 nitrogen and oxygen atoms in total. The van der Waals surface area contributed by atoms with Crippen LogP contribution in [0.2, 0.25) is 13.1 Å². The predicted molar refractivity (Wildman–Crippen MR) is 80.1 cm³/mol. The van der Waals surface area contributed by atoms with Crippen molar-refractivity contribution in [1.82, 2.24) is 0 Å². The number of hydrogen-bond acceptors (Lipinski definition) is 1. The first-order valence-corrected chi connectivity index (χ1v) is 9.04. The quantitative estimate of drug-likeness (QED) is 0.596. The Labute approximate surface area is 110 Å². The van der Waals surface area contributed by atoms with Crippen molar-refractivity contribution >= 4 is 19.6 Å². The van der Waals surface area contributed by atoms with Gasteiger partial charge in [0, 0.05) is 0 Å².